The maximum Gasteiger partial charge on any atom is 0.168 e. The minimum Gasteiger partial charge on any atom is -0.370 e. The second-order valence-corrected chi connectivity index (χ2v) is 7.31. The molecule has 0 atom stereocenters. The molecule has 1 aromatic rings. The van der Waals surface area contributed by atoms with Gasteiger partial charge in [-0.3, -0.25) is 4.79 Å². The summed E-state index contributed by atoms with van der Waals surface area (Å²) in [6.07, 6.45) is 5.66. The van der Waals surface area contributed by atoms with Gasteiger partial charge in [0.2, 0.25) is 0 Å². The van der Waals surface area contributed by atoms with Crippen LogP contribution in [0.3, 0.4) is 0 Å². The molecule has 1 saturated carbocycles. The molecule has 0 radical (unpaired) electrons. The highest BCUT2D eigenvalue weighted by atomic mass is 16.5. The number of ether oxygens (including phenoxy) is 1. The number of hydrogen-bond donors (Lipinski definition) is 0. The van der Waals surface area contributed by atoms with Crippen molar-refractivity contribution in [3.05, 3.63) is 35.4 Å². The third kappa shape index (κ3) is 3.74. The molecule has 0 spiro atoms. The summed E-state index contributed by atoms with van der Waals surface area (Å²) in [5.41, 5.74) is 2.02. The summed E-state index contributed by atoms with van der Waals surface area (Å²) in [6, 6.07) is 8.46. The van der Waals surface area contributed by atoms with Gasteiger partial charge in [-0.2, -0.15) is 0 Å². The number of Topliss-reactive ketones (excluding diaryl/α,β-unsaturated/α-hetero) is 1. The molecule has 0 amide bonds. The first-order chi connectivity index (χ1) is 9.87. The number of carbonyl (C=O) groups excluding carboxylic acids is 1. The lowest BCUT2D eigenvalue weighted by molar-refractivity contribution is -0.144. The second-order valence-electron chi connectivity index (χ2n) is 7.31. The topological polar surface area (TPSA) is 26.3 Å². The van der Waals surface area contributed by atoms with E-state index in [0.29, 0.717) is 6.42 Å². The summed E-state index contributed by atoms with van der Waals surface area (Å²) < 4.78 is 5.64. The Kier molecular flexibility index (Phi) is 4.88. The number of methoxy groups -OCH3 is 1. The highest BCUT2D eigenvalue weighted by Crippen LogP contribution is 2.33. The summed E-state index contributed by atoms with van der Waals surface area (Å²) in [5, 5.41) is 0. The molecule has 116 valence electrons. The lowest BCUT2D eigenvalue weighted by Gasteiger charge is -2.34. The van der Waals surface area contributed by atoms with Gasteiger partial charge in [0.25, 0.3) is 0 Å². The molecule has 1 aromatic carbocycles. The number of hydrogen-bond acceptors (Lipinski definition) is 2. The van der Waals surface area contributed by atoms with Crippen LogP contribution < -0.4 is 0 Å². The summed E-state index contributed by atoms with van der Waals surface area (Å²) >= 11 is 0. The van der Waals surface area contributed by atoms with Gasteiger partial charge in [-0.25, -0.2) is 0 Å². The van der Waals surface area contributed by atoms with Gasteiger partial charge < -0.3 is 4.74 Å². The van der Waals surface area contributed by atoms with Crippen molar-refractivity contribution < 1.29 is 9.53 Å². The molecule has 0 heterocycles. The van der Waals surface area contributed by atoms with E-state index in [0.717, 1.165) is 31.2 Å². The van der Waals surface area contributed by atoms with E-state index in [9.17, 15) is 4.79 Å². The molecule has 0 unspecified atom stereocenters. The highest BCUT2D eigenvalue weighted by molar-refractivity contribution is 5.89. The van der Waals surface area contributed by atoms with Gasteiger partial charge in [-0.1, -0.05) is 64.3 Å². The lowest BCUT2D eigenvalue weighted by Crippen LogP contribution is -2.43. The average molecular weight is 288 g/mol. The molecule has 1 aliphatic carbocycles. The summed E-state index contributed by atoms with van der Waals surface area (Å²) in [5.74, 6) is 0.244. The van der Waals surface area contributed by atoms with Gasteiger partial charge in [0.1, 0.15) is 5.60 Å². The predicted molar refractivity (Wildman–Crippen MR) is 86.7 cm³/mol. The van der Waals surface area contributed by atoms with Crippen LogP contribution in [0.5, 0.6) is 0 Å². The van der Waals surface area contributed by atoms with Crippen LogP contribution >= 0.6 is 0 Å². The third-order valence-corrected chi connectivity index (χ3v) is 4.74. The van der Waals surface area contributed by atoms with E-state index in [1.165, 1.54) is 12.0 Å². The van der Waals surface area contributed by atoms with E-state index in [4.69, 9.17) is 4.74 Å². The van der Waals surface area contributed by atoms with Crippen molar-refractivity contribution in [3.63, 3.8) is 0 Å². The standard InChI is InChI=1S/C19H28O2/c1-18(2,3)16-10-8-15(9-11-16)14-17(20)19(21-4)12-6-5-7-13-19/h8-11H,5-7,12-14H2,1-4H3. The molecule has 1 aliphatic rings. The van der Waals surface area contributed by atoms with Crippen molar-refractivity contribution in [1.29, 1.82) is 0 Å². The van der Waals surface area contributed by atoms with Crippen molar-refractivity contribution >= 4 is 5.78 Å². The Morgan fingerprint density at radius 3 is 2.14 bits per heavy atom. The molecule has 0 N–H and O–H groups in total. The fourth-order valence-electron chi connectivity index (χ4n) is 3.19. The van der Waals surface area contributed by atoms with Crippen LogP contribution in [0.25, 0.3) is 0 Å². The molecule has 0 bridgehead atoms. The fourth-order valence-corrected chi connectivity index (χ4v) is 3.19. The van der Waals surface area contributed by atoms with Gasteiger partial charge >= 0.3 is 0 Å². The van der Waals surface area contributed by atoms with Crippen LogP contribution in [0.2, 0.25) is 0 Å². The summed E-state index contributed by atoms with van der Waals surface area (Å²) in [7, 11) is 1.69. The van der Waals surface area contributed by atoms with E-state index < -0.39 is 5.60 Å². The van der Waals surface area contributed by atoms with Crippen LogP contribution in [-0.2, 0) is 21.4 Å². The Morgan fingerprint density at radius 1 is 1.10 bits per heavy atom. The largest absolute Gasteiger partial charge is 0.370 e. The lowest BCUT2D eigenvalue weighted by atomic mass is 9.79. The Labute approximate surface area is 128 Å². The zero-order chi connectivity index (χ0) is 15.5. The van der Waals surface area contributed by atoms with Gasteiger partial charge in [0.05, 0.1) is 0 Å². The number of benzene rings is 1. The van der Waals surface area contributed by atoms with Crippen LogP contribution in [-0.4, -0.2) is 18.5 Å². The van der Waals surface area contributed by atoms with Crippen molar-refractivity contribution in [1.82, 2.24) is 0 Å². The maximum absolute atomic E-state index is 12.7. The van der Waals surface area contributed by atoms with Crippen molar-refractivity contribution in [2.24, 2.45) is 0 Å². The molecule has 0 aliphatic heterocycles. The minimum atomic E-state index is -0.527. The van der Waals surface area contributed by atoms with Crippen LogP contribution in [0.15, 0.2) is 24.3 Å². The van der Waals surface area contributed by atoms with Gasteiger partial charge in [-0.05, 0) is 29.4 Å². The molecule has 21 heavy (non-hydrogen) atoms. The monoisotopic (exact) mass is 288 g/mol. The molecule has 1 fully saturated rings. The molecular weight excluding hydrogens is 260 g/mol. The minimum absolute atomic E-state index is 0.152. The van der Waals surface area contributed by atoms with Crippen LogP contribution in [0.4, 0.5) is 0 Å². The summed E-state index contributed by atoms with van der Waals surface area (Å²) in [6.45, 7) is 6.61. The molecule has 2 nitrogen and oxygen atoms in total. The first-order valence-electron chi connectivity index (χ1n) is 8.05. The van der Waals surface area contributed by atoms with Gasteiger partial charge in [0, 0.05) is 13.5 Å². The molecule has 2 heteroatoms. The molecule has 0 aromatic heterocycles. The SMILES string of the molecule is COC1(C(=O)Cc2ccc(C(C)(C)C)cc2)CCCCC1. The number of carbonyl (C=O) groups is 1. The maximum atomic E-state index is 12.7. The van der Waals surface area contributed by atoms with E-state index >= 15 is 0 Å². The van der Waals surface area contributed by atoms with Gasteiger partial charge in [0.15, 0.2) is 5.78 Å². The van der Waals surface area contributed by atoms with E-state index in [1.807, 2.05) is 0 Å². The van der Waals surface area contributed by atoms with E-state index in [1.54, 1.807) is 7.11 Å². The Morgan fingerprint density at radius 2 is 1.67 bits per heavy atom. The van der Waals surface area contributed by atoms with E-state index in [-0.39, 0.29) is 11.2 Å². The van der Waals surface area contributed by atoms with Crippen LogP contribution in [0, 0.1) is 0 Å². The molecule has 2 rings (SSSR count). The average Bonchev–Trinajstić information content (AvgIpc) is 2.47. The fraction of sp³-hybridized carbons (Fsp3) is 0.632. The zero-order valence-corrected chi connectivity index (χ0v) is 13.9. The van der Waals surface area contributed by atoms with Crippen LogP contribution in [0.1, 0.15) is 64.0 Å². The first-order valence-corrected chi connectivity index (χ1v) is 8.05. The second kappa shape index (κ2) is 6.31. The third-order valence-electron chi connectivity index (χ3n) is 4.74. The van der Waals surface area contributed by atoms with Crippen molar-refractivity contribution in [2.75, 3.05) is 7.11 Å². The quantitative estimate of drug-likeness (QED) is 0.818. The normalized spacial score (nSPS) is 18.5. The van der Waals surface area contributed by atoms with Crippen molar-refractivity contribution in [2.45, 2.75) is 70.3 Å². The number of ketones is 1. The zero-order valence-electron chi connectivity index (χ0n) is 13.9. The van der Waals surface area contributed by atoms with E-state index in [2.05, 4.69) is 45.0 Å². The van der Waals surface area contributed by atoms with Gasteiger partial charge in [-0.15, -0.1) is 0 Å². The number of rotatable bonds is 4. The first kappa shape index (κ1) is 16.2. The Balaban J connectivity index is 2.08. The molecule has 0 saturated heterocycles. The van der Waals surface area contributed by atoms with Crippen molar-refractivity contribution in [3.8, 4) is 0 Å². The predicted octanol–water partition coefficient (Wildman–Crippen LogP) is 4.45. The Hall–Kier alpha value is -1.15. The smallest absolute Gasteiger partial charge is 0.168 e. The summed E-state index contributed by atoms with van der Waals surface area (Å²) in [4.78, 5) is 12.7. The molecular formula is C19H28O2. The Bertz CT molecular complexity index is 473. The highest BCUT2D eigenvalue weighted by Gasteiger charge is 2.38.